The van der Waals surface area contributed by atoms with E-state index in [1.54, 1.807) is 7.11 Å². The Balaban J connectivity index is 1.29. The third kappa shape index (κ3) is 4.75. The SMILES string of the molecule is CC[C@@H]1C[C@H]2C[C@H](c3cc4c(cc3OC)N(C)[C@@H]3[C@](O)(C(=O)OC)[C@H](OC(C)=O)[C@]5(CC)C=CCN6CC[C@]43[C@H]65)c3[nH]c4ccccc4c3CCN(C1)C2. The second-order valence-electron chi connectivity index (χ2n) is 17.2. The van der Waals surface area contributed by atoms with Crippen LogP contribution in [0, 0.1) is 17.3 Å². The first-order chi connectivity index (χ1) is 26.0. The molecular formula is C44H56N4O6. The minimum absolute atomic E-state index is 0.0468. The molecule has 2 aromatic carbocycles. The molecule has 1 saturated carbocycles. The average Bonchev–Trinajstić information content (AvgIpc) is 3.84. The highest BCUT2D eigenvalue weighted by molar-refractivity contribution is 5.88. The monoisotopic (exact) mass is 736 g/mol. The summed E-state index contributed by atoms with van der Waals surface area (Å²) in [6.07, 6.45) is 8.78. The zero-order chi connectivity index (χ0) is 37.7. The highest BCUT2D eigenvalue weighted by atomic mass is 16.6. The lowest BCUT2D eigenvalue weighted by molar-refractivity contribution is -0.228. The maximum absolute atomic E-state index is 14.3. The number of rotatable bonds is 6. The molecule has 3 aromatic rings. The summed E-state index contributed by atoms with van der Waals surface area (Å²) < 4.78 is 18.0. The number of para-hydroxylation sites is 1. The fourth-order valence-corrected chi connectivity index (χ4v) is 12.9. The number of anilines is 1. The first-order valence-corrected chi connectivity index (χ1v) is 20.2. The van der Waals surface area contributed by atoms with Crippen molar-refractivity contribution in [2.75, 3.05) is 58.9 Å². The van der Waals surface area contributed by atoms with Crippen LogP contribution in [0.5, 0.6) is 5.75 Å². The van der Waals surface area contributed by atoms with E-state index in [1.807, 2.05) is 7.05 Å². The van der Waals surface area contributed by atoms with Crippen molar-refractivity contribution in [2.24, 2.45) is 17.3 Å². The zero-order valence-corrected chi connectivity index (χ0v) is 32.7. The van der Waals surface area contributed by atoms with E-state index >= 15 is 0 Å². The second-order valence-corrected chi connectivity index (χ2v) is 17.2. The largest absolute Gasteiger partial charge is 0.496 e. The molecule has 54 heavy (non-hydrogen) atoms. The van der Waals surface area contributed by atoms with E-state index in [-0.39, 0.29) is 12.0 Å². The molecule has 6 aliphatic rings. The van der Waals surface area contributed by atoms with E-state index in [4.69, 9.17) is 14.2 Å². The van der Waals surface area contributed by atoms with Gasteiger partial charge in [0.25, 0.3) is 0 Å². The number of benzene rings is 2. The molecule has 1 aliphatic carbocycles. The second kappa shape index (κ2) is 12.8. The Morgan fingerprint density at radius 2 is 1.87 bits per heavy atom. The molecule has 10 atom stereocenters. The van der Waals surface area contributed by atoms with Crippen molar-refractivity contribution in [1.29, 1.82) is 0 Å². The molecule has 5 aliphatic heterocycles. The molecule has 1 spiro atoms. The number of nitrogens with one attached hydrogen (secondary N) is 1. The predicted octanol–water partition coefficient (Wildman–Crippen LogP) is 5.55. The Hall–Kier alpha value is -3.86. The summed E-state index contributed by atoms with van der Waals surface area (Å²) in [6.45, 7) is 10.6. The van der Waals surface area contributed by atoms with Crippen LogP contribution in [0.4, 0.5) is 5.69 Å². The van der Waals surface area contributed by atoms with E-state index in [9.17, 15) is 14.7 Å². The molecule has 9 rings (SSSR count). The van der Waals surface area contributed by atoms with Gasteiger partial charge in [-0.15, -0.1) is 0 Å². The normalized spacial score (nSPS) is 36.6. The number of aromatic nitrogens is 1. The number of aliphatic hydroxyl groups is 1. The predicted molar refractivity (Wildman–Crippen MR) is 208 cm³/mol. The molecule has 288 valence electrons. The maximum Gasteiger partial charge on any atom is 0.344 e. The third-order valence-corrected chi connectivity index (χ3v) is 14.9. The van der Waals surface area contributed by atoms with Gasteiger partial charge < -0.3 is 34.1 Å². The minimum Gasteiger partial charge on any atom is -0.496 e. The summed E-state index contributed by atoms with van der Waals surface area (Å²) in [5, 5.41) is 14.5. The summed E-state index contributed by atoms with van der Waals surface area (Å²) in [4.78, 5) is 38.4. The molecule has 10 nitrogen and oxygen atoms in total. The summed E-state index contributed by atoms with van der Waals surface area (Å²) in [5.41, 5.74) is 3.37. The van der Waals surface area contributed by atoms with Crippen molar-refractivity contribution in [3.8, 4) is 5.75 Å². The highest BCUT2D eigenvalue weighted by Gasteiger charge is 2.80. The quantitative estimate of drug-likeness (QED) is 0.249. The first kappa shape index (κ1) is 35.8. The van der Waals surface area contributed by atoms with Gasteiger partial charge >= 0.3 is 11.9 Å². The fourth-order valence-electron chi connectivity index (χ4n) is 12.9. The van der Waals surface area contributed by atoms with Crippen molar-refractivity contribution in [3.63, 3.8) is 0 Å². The minimum atomic E-state index is -2.16. The molecule has 1 unspecified atom stereocenters. The van der Waals surface area contributed by atoms with Gasteiger partial charge in [0.2, 0.25) is 5.60 Å². The summed E-state index contributed by atoms with van der Waals surface area (Å²) in [6, 6.07) is 12.4. The smallest absolute Gasteiger partial charge is 0.344 e. The van der Waals surface area contributed by atoms with E-state index in [2.05, 4.69) is 82.1 Å². The van der Waals surface area contributed by atoms with E-state index < -0.39 is 40.5 Å². The number of hydrogen-bond acceptors (Lipinski definition) is 9. The number of carbonyl (C=O) groups is 2. The van der Waals surface area contributed by atoms with Crippen LogP contribution in [0.2, 0.25) is 0 Å². The van der Waals surface area contributed by atoms with Gasteiger partial charge in [-0.05, 0) is 73.7 Å². The Kier molecular flexibility index (Phi) is 8.52. The molecule has 0 amide bonds. The molecule has 3 fully saturated rings. The number of esters is 2. The lowest BCUT2D eigenvalue weighted by atomic mass is 9.47. The van der Waals surface area contributed by atoms with Gasteiger partial charge in [-0.25, -0.2) is 4.79 Å². The number of methoxy groups -OCH3 is 2. The van der Waals surface area contributed by atoms with Crippen molar-refractivity contribution in [1.82, 2.24) is 14.8 Å². The number of nitrogens with zero attached hydrogens (tertiary/aromatic N) is 3. The van der Waals surface area contributed by atoms with Crippen LogP contribution >= 0.6 is 0 Å². The molecule has 2 bridgehead atoms. The van der Waals surface area contributed by atoms with Gasteiger partial charge in [0, 0.05) is 96.9 Å². The van der Waals surface area contributed by atoms with Crippen molar-refractivity contribution < 1.29 is 28.9 Å². The molecule has 0 radical (unpaired) electrons. The summed E-state index contributed by atoms with van der Waals surface area (Å²) in [5.74, 6) is 0.754. The Bertz CT molecular complexity index is 2030. The molecule has 6 heterocycles. The molecule has 2 N–H and O–H groups in total. The molecule has 1 aromatic heterocycles. The third-order valence-electron chi connectivity index (χ3n) is 14.9. The summed E-state index contributed by atoms with van der Waals surface area (Å²) in [7, 11) is 5.04. The Morgan fingerprint density at radius 1 is 1.06 bits per heavy atom. The first-order valence-electron chi connectivity index (χ1n) is 20.2. The number of fused-ring (bicyclic) bond motifs is 6. The van der Waals surface area contributed by atoms with E-state index in [0.717, 1.165) is 74.6 Å². The lowest BCUT2D eigenvalue weighted by Crippen LogP contribution is -2.81. The van der Waals surface area contributed by atoms with Gasteiger partial charge in [-0.2, -0.15) is 0 Å². The highest BCUT2D eigenvalue weighted by Crippen LogP contribution is 2.68. The number of aromatic amines is 1. The van der Waals surface area contributed by atoms with Gasteiger partial charge in [-0.1, -0.05) is 50.6 Å². The fraction of sp³-hybridized carbons (Fsp3) is 0.591. The van der Waals surface area contributed by atoms with Crippen LogP contribution in [-0.2, 0) is 30.9 Å². The van der Waals surface area contributed by atoms with Crippen molar-refractivity contribution in [2.45, 2.75) is 94.4 Å². The van der Waals surface area contributed by atoms with Crippen molar-refractivity contribution >= 4 is 28.5 Å². The van der Waals surface area contributed by atoms with Gasteiger partial charge in [0.05, 0.1) is 20.3 Å². The van der Waals surface area contributed by atoms with Gasteiger partial charge in [-0.3, -0.25) is 9.69 Å². The Labute approximate surface area is 318 Å². The van der Waals surface area contributed by atoms with Crippen LogP contribution in [0.25, 0.3) is 10.9 Å². The van der Waals surface area contributed by atoms with Crippen molar-refractivity contribution in [3.05, 3.63) is 70.9 Å². The molecule has 10 heteroatoms. The topological polar surface area (TPSA) is 108 Å². The van der Waals surface area contributed by atoms with E-state index in [0.29, 0.717) is 18.3 Å². The van der Waals surface area contributed by atoms with Crippen LogP contribution < -0.4 is 9.64 Å². The Morgan fingerprint density at radius 3 is 2.61 bits per heavy atom. The molecule has 2 saturated heterocycles. The standard InChI is InChI=1S/C44H56N4O6/c1-7-27-20-28-21-32(37-30(14-18-47(24-27)25-28)29-12-9-10-13-34(29)45-37)31-22-33-35(23-36(31)52-5)46(4)39-43(33)16-19-48-17-11-15-42(8-2,38(43)48)40(54-26(3)49)44(39,51)41(50)53-6/h9-13,15,22-23,27-28,32,38-40,45,51H,7-8,14,16-21,24-25H2,1-6H3/t27-,28+,32-,38-,39+,40-,42-,43-,44-/m1/s1. The van der Waals surface area contributed by atoms with Crippen LogP contribution in [-0.4, -0.2) is 110 Å². The maximum atomic E-state index is 14.3. The average molecular weight is 737 g/mol. The number of likely N-dealkylation sites (N-methyl/N-ethyl adjacent to an activating group) is 1. The number of piperidine rings is 1. The van der Waals surface area contributed by atoms with Gasteiger partial charge in [0.15, 0.2) is 6.10 Å². The lowest BCUT2D eigenvalue weighted by Gasteiger charge is -2.63. The van der Waals surface area contributed by atoms with Gasteiger partial charge in [0.1, 0.15) is 5.75 Å². The summed E-state index contributed by atoms with van der Waals surface area (Å²) >= 11 is 0. The number of H-pyrrole nitrogens is 1. The van der Waals surface area contributed by atoms with Crippen LogP contribution in [0.1, 0.15) is 81.2 Å². The molecular weight excluding hydrogens is 681 g/mol. The number of carbonyl (C=O) groups excluding carboxylic acids is 2. The number of hydrogen-bond donors (Lipinski definition) is 2. The van der Waals surface area contributed by atoms with Crippen LogP contribution in [0.3, 0.4) is 0 Å². The van der Waals surface area contributed by atoms with Crippen LogP contribution in [0.15, 0.2) is 48.6 Å². The number of ether oxygens (including phenoxy) is 3. The van der Waals surface area contributed by atoms with E-state index in [1.165, 1.54) is 49.0 Å². The zero-order valence-electron chi connectivity index (χ0n) is 32.7.